The summed E-state index contributed by atoms with van der Waals surface area (Å²) >= 11 is 0. The molecule has 0 spiro atoms. The quantitative estimate of drug-likeness (QED) is 0.195. The highest BCUT2D eigenvalue weighted by Gasteiger charge is 2.18. The SMILES string of the molecule is c1ccc(-n2c3ccc(-c4nc(-c5ccc(-c6cccc7ccccc67)cc5)c5ccccc5n4)cc3c3c4ccccc4ccc32)cc1. The largest absolute Gasteiger partial charge is 0.309 e. The maximum Gasteiger partial charge on any atom is 0.160 e. The maximum atomic E-state index is 5.29. The molecule has 0 radical (unpaired) electrons. The lowest BCUT2D eigenvalue weighted by Crippen LogP contribution is -1.96. The van der Waals surface area contributed by atoms with Crippen LogP contribution in [0.1, 0.15) is 0 Å². The molecule has 0 atom stereocenters. The highest BCUT2D eigenvalue weighted by Crippen LogP contribution is 2.39. The van der Waals surface area contributed by atoms with Crippen LogP contribution in [0.2, 0.25) is 0 Å². The van der Waals surface area contributed by atoms with Crippen molar-refractivity contribution in [2.45, 2.75) is 0 Å². The second-order valence-electron chi connectivity index (χ2n) is 12.6. The summed E-state index contributed by atoms with van der Waals surface area (Å²) in [5.74, 6) is 0.717. The molecule has 0 fully saturated rings. The zero-order chi connectivity index (χ0) is 32.3. The number of para-hydroxylation sites is 2. The van der Waals surface area contributed by atoms with Crippen LogP contribution < -0.4 is 0 Å². The van der Waals surface area contributed by atoms with E-state index in [-0.39, 0.29) is 0 Å². The molecule has 0 saturated carbocycles. The van der Waals surface area contributed by atoms with Gasteiger partial charge >= 0.3 is 0 Å². The van der Waals surface area contributed by atoms with Crippen LogP contribution in [0.25, 0.3) is 93.7 Å². The van der Waals surface area contributed by atoms with Gasteiger partial charge in [0.05, 0.1) is 22.2 Å². The molecule has 0 bridgehead atoms. The lowest BCUT2D eigenvalue weighted by atomic mass is 9.96. The van der Waals surface area contributed by atoms with E-state index in [9.17, 15) is 0 Å². The van der Waals surface area contributed by atoms with Crippen molar-refractivity contribution < 1.29 is 0 Å². The van der Waals surface area contributed by atoms with Crippen LogP contribution in [0.5, 0.6) is 0 Å². The van der Waals surface area contributed by atoms with Crippen molar-refractivity contribution in [1.82, 2.24) is 14.5 Å². The van der Waals surface area contributed by atoms with Gasteiger partial charge in [-0.15, -0.1) is 0 Å². The van der Waals surface area contributed by atoms with E-state index in [1.807, 2.05) is 0 Å². The van der Waals surface area contributed by atoms with Crippen LogP contribution in [-0.4, -0.2) is 14.5 Å². The van der Waals surface area contributed by atoms with Crippen molar-refractivity contribution in [2.24, 2.45) is 0 Å². The fraction of sp³-hybridized carbons (Fsp3) is 0. The summed E-state index contributed by atoms with van der Waals surface area (Å²) < 4.78 is 2.37. The van der Waals surface area contributed by atoms with Gasteiger partial charge in [-0.1, -0.05) is 133 Å². The maximum absolute atomic E-state index is 5.29. The molecule has 0 unspecified atom stereocenters. The Labute approximate surface area is 283 Å². The Morgan fingerprint density at radius 2 is 1.02 bits per heavy atom. The molecule has 10 rings (SSSR count). The van der Waals surface area contributed by atoms with E-state index in [0.717, 1.165) is 44.8 Å². The van der Waals surface area contributed by atoms with Crippen LogP contribution in [0, 0.1) is 0 Å². The highest BCUT2D eigenvalue weighted by atomic mass is 15.0. The molecule has 3 nitrogen and oxygen atoms in total. The molecule has 0 aliphatic heterocycles. The third-order valence-corrected chi connectivity index (χ3v) is 9.79. The normalized spacial score (nSPS) is 11.7. The van der Waals surface area contributed by atoms with Crippen molar-refractivity contribution in [3.8, 4) is 39.5 Å². The topological polar surface area (TPSA) is 30.7 Å². The Balaban J connectivity index is 1.16. The number of fused-ring (bicyclic) bond motifs is 7. The minimum absolute atomic E-state index is 0.717. The van der Waals surface area contributed by atoms with E-state index in [1.165, 1.54) is 49.0 Å². The summed E-state index contributed by atoms with van der Waals surface area (Å²) in [5, 5.41) is 8.43. The molecule has 0 aliphatic rings. The fourth-order valence-corrected chi connectivity index (χ4v) is 7.50. The Morgan fingerprint density at radius 3 is 1.86 bits per heavy atom. The third-order valence-electron chi connectivity index (χ3n) is 9.79. The van der Waals surface area contributed by atoms with Crippen LogP contribution in [-0.2, 0) is 0 Å². The smallest absolute Gasteiger partial charge is 0.160 e. The van der Waals surface area contributed by atoms with Crippen molar-refractivity contribution >= 4 is 54.3 Å². The summed E-state index contributed by atoms with van der Waals surface area (Å²) in [7, 11) is 0. The van der Waals surface area contributed by atoms with Crippen molar-refractivity contribution in [2.75, 3.05) is 0 Å². The van der Waals surface area contributed by atoms with E-state index in [2.05, 4.69) is 180 Å². The number of aromatic nitrogens is 3. The van der Waals surface area contributed by atoms with Gasteiger partial charge in [0, 0.05) is 33.0 Å². The predicted molar refractivity (Wildman–Crippen MR) is 205 cm³/mol. The summed E-state index contributed by atoms with van der Waals surface area (Å²) in [6.07, 6.45) is 0. The van der Waals surface area contributed by atoms with Gasteiger partial charge < -0.3 is 4.57 Å². The second-order valence-corrected chi connectivity index (χ2v) is 12.6. The molecule has 8 aromatic carbocycles. The Bertz CT molecular complexity index is 2860. The zero-order valence-electron chi connectivity index (χ0n) is 26.6. The molecule has 49 heavy (non-hydrogen) atoms. The van der Waals surface area contributed by atoms with Crippen LogP contribution >= 0.6 is 0 Å². The van der Waals surface area contributed by atoms with E-state index < -0.39 is 0 Å². The van der Waals surface area contributed by atoms with Gasteiger partial charge in [-0.25, -0.2) is 9.97 Å². The Morgan fingerprint density at radius 1 is 0.388 bits per heavy atom. The summed E-state index contributed by atoms with van der Waals surface area (Å²) in [4.78, 5) is 10.4. The Kier molecular flexibility index (Phi) is 6.18. The molecule has 2 aromatic heterocycles. The molecule has 0 N–H and O–H groups in total. The number of benzene rings is 8. The van der Waals surface area contributed by atoms with Crippen LogP contribution in [0.4, 0.5) is 0 Å². The average molecular weight is 624 g/mol. The molecule has 0 aliphatic carbocycles. The Hall–Kier alpha value is -6.58. The molecule has 2 heterocycles. The molecule has 228 valence electrons. The van der Waals surface area contributed by atoms with Crippen molar-refractivity contribution in [3.05, 3.63) is 176 Å². The zero-order valence-corrected chi connectivity index (χ0v) is 26.6. The lowest BCUT2D eigenvalue weighted by Gasteiger charge is -2.11. The van der Waals surface area contributed by atoms with Gasteiger partial charge in [-0.2, -0.15) is 0 Å². The average Bonchev–Trinajstić information content (AvgIpc) is 3.52. The van der Waals surface area contributed by atoms with Gasteiger partial charge in [0.25, 0.3) is 0 Å². The van der Waals surface area contributed by atoms with Crippen LogP contribution in [0.3, 0.4) is 0 Å². The monoisotopic (exact) mass is 623 g/mol. The number of hydrogen-bond acceptors (Lipinski definition) is 2. The molecule has 0 saturated heterocycles. The standard InChI is InChI=1S/C46H29N3/c1-2-14-35(15-3-1)49-42-27-26-34(29-40(42)44-38-17-7-5-12-31(38)25-28-43(44)49)46-47-41-20-9-8-18-39(41)45(48-46)33-23-21-32(22-24-33)37-19-10-13-30-11-4-6-16-36(30)37/h1-29H. The van der Waals surface area contributed by atoms with E-state index in [0.29, 0.717) is 0 Å². The number of rotatable bonds is 4. The van der Waals surface area contributed by atoms with Crippen molar-refractivity contribution in [1.29, 1.82) is 0 Å². The van der Waals surface area contributed by atoms with E-state index >= 15 is 0 Å². The first-order valence-corrected chi connectivity index (χ1v) is 16.7. The summed E-state index contributed by atoms with van der Waals surface area (Å²) in [6, 6.07) is 62.6. The first-order valence-electron chi connectivity index (χ1n) is 16.7. The van der Waals surface area contributed by atoms with Gasteiger partial charge in [0.15, 0.2) is 5.82 Å². The van der Waals surface area contributed by atoms with Gasteiger partial charge in [0.1, 0.15) is 0 Å². The minimum atomic E-state index is 0.717. The molecular formula is C46H29N3. The third kappa shape index (κ3) is 4.44. The predicted octanol–water partition coefficient (Wildman–Crippen LogP) is 12.0. The first kappa shape index (κ1) is 27.5. The van der Waals surface area contributed by atoms with Gasteiger partial charge in [-0.3, -0.25) is 0 Å². The second kappa shape index (κ2) is 11.0. The molecule has 3 heteroatoms. The molecular weight excluding hydrogens is 595 g/mol. The van der Waals surface area contributed by atoms with Gasteiger partial charge in [-0.05, 0) is 75.1 Å². The van der Waals surface area contributed by atoms with E-state index in [4.69, 9.17) is 9.97 Å². The van der Waals surface area contributed by atoms with Crippen molar-refractivity contribution in [3.63, 3.8) is 0 Å². The molecule has 10 aromatic rings. The summed E-state index contributed by atoms with van der Waals surface area (Å²) in [6.45, 7) is 0. The first-order chi connectivity index (χ1) is 24.3. The number of hydrogen-bond donors (Lipinski definition) is 0. The minimum Gasteiger partial charge on any atom is -0.309 e. The van der Waals surface area contributed by atoms with E-state index in [1.54, 1.807) is 0 Å². The fourth-order valence-electron chi connectivity index (χ4n) is 7.50. The highest BCUT2D eigenvalue weighted by molar-refractivity contribution is 6.21. The lowest BCUT2D eigenvalue weighted by molar-refractivity contribution is 1.18. The summed E-state index contributed by atoms with van der Waals surface area (Å²) in [5.41, 5.74) is 9.82. The number of nitrogens with zero attached hydrogens (tertiary/aromatic N) is 3. The van der Waals surface area contributed by atoms with Gasteiger partial charge in [0.2, 0.25) is 0 Å². The van der Waals surface area contributed by atoms with Crippen LogP contribution in [0.15, 0.2) is 176 Å². The molecule has 0 amide bonds.